The predicted octanol–water partition coefficient (Wildman–Crippen LogP) is 5.79. The molecule has 1 fully saturated rings. The molecule has 1 aliphatic rings. The molecule has 1 aliphatic heterocycles. The van der Waals surface area contributed by atoms with Crippen LogP contribution >= 0.6 is 11.3 Å². The van der Waals surface area contributed by atoms with Gasteiger partial charge >= 0.3 is 6.09 Å². The number of thiazole rings is 1. The highest BCUT2D eigenvalue weighted by molar-refractivity contribution is 7.09. The molecule has 0 unspecified atom stereocenters. The van der Waals surface area contributed by atoms with Crippen LogP contribution in [0.15, 0.2) is 35.7 Å². The molecule has 3 N–H and O–H groups in total. The summed E-state index contributed by atoms with van der Waals surface area (Å²) in [5.41, 5.74) is 0.535. The van der Waals surface area contributed by atoms with E-state index in [1.807, 2.05) is 90.9 Å². The van der Waals surface area contributed by atoms with Crippen molar-refractivity contribution in [2.24, 2.45) is 23.7 Å². The Kier molecular flexibility index (Phi) is 23.0. The fourth-order valence-electron chi connectivity index (χ4n) is 9.25. The lowest BCUT2D eigenvalue weighted by molar-refractivity contribution is -0.148. The van der Waals surface area contributed by atoms with Gasteiger partial charge in [0.1, 0.15) is 22.3 Å². The summed E-state index contributed by atoms with van der Waals surface area (Å²) >= 11 is 1.28. The van der Waals surface area contributed by atoms with Crippen LogP contribution in [-0.2, 0) is 39.8 Å². The van der Waals surface area contributed by atoms with Crippen LogP contribution in [-0.4, -0.2) is 164 Å². The Labute approximate surface area is 416 Å². The average molecular weight is 985 g/mol. The summed E-state index contributed by atoms with van der Waals surface area (Å²) in [5, 5.41) is 11.1. The molecule has 1 aromatic heterocycles. The molecule has 9 atom stereocenters. The number of nitrogens with zero attached hydrogens (tertiary/aromatic N) is 5. The van der Waals surface area contributed by atoms with Crippen molar-refractivity contribution in [2.75, 3.05) is 62.0 Å². The Bertz CT molecular complexity index is 1970. The maximum absolute atomic E-state index is 14.5. The van der Waals surface area contributed by atoms with E-state index in [-0.39, 0.29) is 72.5 Å². The van der Waals surface area contributed by atoms with Gasteiger partial charge in [-0.05, 0) is 77.4 Å². The number of ether oxygens (including phenoxy) is 3. The summed E-state index contributed by atoms with van der Waals surface area (Å²) in [6.45, 7) is 19.9. The Hall–Kier alpha value is -4.65. The lowest BCUT2D eigenvalue weighted by atomic mass is 9.89. The molecule has 388 valence electrons. The number of carbonyl (C=O) groups is 6. The first kappa shape index (κ1) is 58.7. The number of hydrogen-bond acceptors (Lipinski definition) is 12. The summed E-state index contributed by atoms with van der Waals surface area (Å²) in [6.07, 6.45) is 0.560. The van der Waals surface area contributed by atoms with Crippen molar-refractivity contribution in [3.8, 4) is 0 Å². The first-order chi connectivity index (χ1) is 32.4. The van der Waals surface area contributed by atoms with Gasteiger partial charge in [-0.15, -0.1) is 11.3 Å². The molecule has 18 heteroatoms. The van der Waals surface area contributed by atoms with E-state index in [0.717, 1.165) is 5.56 Å². The fraction of sp³-hybridized carbons (Fsp3) is 0.706. The maximum atomic E-state index is 14.5. The second-order valence-corrected chi connectivity index (χ2v) is 21.3. The van der Waals surface area contributed by atoms with E-state index >= 15 is 0 Å². The van der Waals surface area contributed by atoms with Crippen LogP contribution in [0, 0.1) is 23.7 Å². The van der Waals surface area contributed by atoms with Gasteiger partial charge in [0.25, 0.3) is 5.91 Å². The number of aromatic nitrogens is 1. The summed E-state index contributed by atoms with van der Waals surface area (Å²) < 4.78 is 17.5. The summed E-state index contributed by atoms with van der Waals surface area (Å²) in [4.78, 5) is 93.9. The third kappa shape index (κ3) is 16.7. The smallest absolute Gasteiger partial charge is 0.407 e. The highest BCUT2D eigenvalue weighted by Gasteiger charge is 2.43. The number of methoxy groups -OCH3 is 2. The van der Waals surface area contributed by atoms with Crippen LogP contribution in [0.3, 0.4) is 0 Å². The highest BCUT2D eigenvalue weighted by atomic mass is 32.1. The highest BCUT2D eigenvalue weighted by Crippen LogP contribution is 2.31. The number of benzene rings is 1. The minimum Gasteiger partial charge on any atom is -0.444 e. The molecule has 1 saturated heterocycles. The number of likely N-dealkylation sites (tertiary alicyclic amines) is 1. The van der Waals surface area contributed by atoms with Crippen LogP contribution < -0.4 is 16.0 Å². The second kappa shape index (κ2) is 27.1. The van der Waals surface area contributed by atoms with Crippen LogP contribution in [0.2, 0.25) is 0 Å². The Morgan fingerprint density at radius 3 is 2.10 bits per heavy atom. The average Bonchev–Trinajstić information content (AvgIpc) is 3.98. The summed E-state index contributed by atoms with van der Waals surface area (Å²) in [7, 11) is 10.2. The first-order valence-corrected chi connectivity index (χ1v) is 25.4. The number of alkyl carbamates (subject to hydrolysis) is 1. The minimum atomic E-state index is -0.790. The van der Waals surface area contributed by atoms with E-state index in [1.165, 1.54) is 16.2 Å². The quantitative estimate of drug-likeness (QED) is 0.109. The number of rotatable bonds is 25. The predicted molar refractivity (Wildman–Crippen MR) is 270 cm³/mol. The lowest BCUT2D eigenvalue weighted by Crippen LogP contribution is -2.59. The van der Waals surface area contributed by atoms with Crippen molar-refractivity contribution < 1.29 is 43.0 Å². The molecule has 0 saturated carbocycles. The van der Waals surface area contributed by atoms with Crippen LogP contribution in [0.5, 0.6) is 0 Å². The molecule has 0 bridgehead atoms. The van der Waals surface area contributed by atoms with Crippen LogP contribution in [0.4, 0.5) is 4.79 Å². The molecule has 0 aliphatic carbocycles. The number of carbonyl (C=O) groups excluding carboxylic acids is 6. The maximum Gasteiger partial charge on any atom is 0.407 e. The number of nitrogens with one attached hydrogen (secondary N) is 3. The number of hydrogen-bond donors (Lipinski definition) is 3. The zero-order valence-corrected chi connectivity index (χ0v) is 45.1. The standard InChI is InChI=1S/C51H84N8O9S/c1-17-33(6)43(58(14)49(64)41(31(2)3)55-46(62)42(32(4)5)56(11)12)39(66-15)29-40(60)59-26-21-24-38(59)44(67-16)34(7)45(61)53-36(28-35-22-19-18-20-23-35)47-54-37(30-69-47)48(63)57(13)27-25-52-50(65)68-51(8,9)10/h18-20,22-23,30-34,36,38-39,41-44H,17,21,24-29H2,1-16H3,(H,52,65)(H,53,61)(H,55,62)/t33-,34+,36-,38-,39+,41-,42-,43-,44+/m0/s1. The number of amides is 6. The third-order valence-corrected chi connectivity index (χ3v) is 14.0. The second-order valence-electron chi connectivity index (χ2n) is 20.4. The molecule has 0 spiro atoms. The summed E-state index contributed by atoms with van der Waals surface area (Å²) in [5.74, 6) is -2.19. The molecule has 69 heavy (non-hydrogen) atoms. The Balaban J connectivity index is 1.81. The van der Waals surface area contributed by atoms with Gasteiger partial charge in [-0.3, -0.25) is 28.9 Å². The molecule has 3 rings (SSSR count). The zero-order valence-electron chi connectivity index (χ0n) is 44.3. The number of likely N-dealkylation sites (N-methyl/N-ethyl adjacent to an activating group) is 3. The fourth-order valence-corrected chi connectivity index (χ4v) is 10.1. The van der Waals surface area contributed by atoms with E-state index in [0.29, 0.717) is 37.2 Å². The van der Waals surface area contributed by atoms with Crippen LogP contribution in [0.1, 0.15) is 122 Å². The molecule has 17 nitrogen and oxygen atoms in total. The SMILES string of the molecule is CC[C@H](C)[C@@H]([C@@H](CC(=O)N1CCC[C@H]1[C@H](OC)[C@@H](C)C(=O)N[C@@H](Cc1ccccc1)c1nc(C(=O)N(C)CCNC(=O)OC(C)(C)C)cs1)OC)N(C)C(=O)[C@@H](NC(=O)[C@H](C(C)C)N(C)C)C(C)C. The van der Waals surface area contributed by atoms with E-state index in [2.05, 4.69) is 16.0 Å². The Morgan fingerprint density at radius 2 is 1.55 bits per heavy atom. The molecule has 2 heterocycles. The van der Waals surface area contributed by atoms with Crippen molar-refractivity contribution in [1.29, 1.82) is 0 Å². The van der Waals surface area contributed by atoms with Crippen molar-refractivity contribution >= 4 is 47.0 Å². The van der Waals surface area contributed by atoms with Crippen molar-refractivity contribution in [3.63, 3.8) is 0 Å². The van der Waals surface area contributed by atoms with Gasteiger partial charge in [0.05, 0.1) is 48.7 Å². The summed E-state index contributed by atoms with van der Waals surface area (Å²) in [6, 6.07) is 7.01. The monoisotopic (exact) mass is 985 g/mol. The van der Waals surface area contributed by atoms with Gasteiger partial charge in [0.2, 0.25) is 23.6 Å². The molecular formula is C51H84N8O9S. The van der Waals surface area contributed by atoms with Gasteiger partial charge in [-0.2, -0.15) is 0 Å². The van der Waals surface area contributed by atoms with E-state index in [9.17, 15) is 28.8 Å². The molecule has 2 aromatic rings. The zero-order chi connectivity index (χ0) is 51.9. The van der Waals surface area contributed by atoms with Crippen molar-refractivity contribution in [2.45, 2.75) is 149 Å². The van der Waals surface area contributed by atoms with Gasteiger partial charge in [-0.1, -0.05) is 85.2 Å². The normalized spacial score (nSPS) is 17.6. The third-order valence-electron chi connectivity index (χ3n) is 13.0. The molecule has 6 amide bonds. The van der Waals surface area contributed by atoms with Gasteiger partial charge in [-0.25, -0.2) is 9.78 Å². The lowest BCUT2D eigenvalue weighted by Gasteiger charge is -2.41. The minimum absolute atomic E-state index is 0.00884. The van der Waals surface area contributed by atoms with E-state index < -0.39 is 60.0 Å². The van der Waals surface area contributed by atoms with Crippen LogP contribution in [0.25, 0.3) is 0 Å². The molecule has 0 radical (unpaired) electrons. The van der Waals surface area contributed by atoms with E-state index in [4.69, 9.17) is 19.2 Å². The van der Waals surface area contributed by atoms with Gasteiger partial charge in [0.15, 0.2) is 0 Å². The van der Waals surface area contributed by atoms with Crippen molar-refractivity contribution in [3.05, 3.63) is 52.0 Å². The molecular weight excluding hydrogens is 901 g/mol. The van der Waals surface area contributed by atoms with Gasteiger partial charge in [0, 0.05) is 53.3 Å². The molecule has 1 aromatic carbocycles. The first-order valence-electron chi connectivity index (χ1n) is 24.5. The van der Waals surface area contributed by atoms with E-state index in [1.54, 1.807) is 71.2 Å². The van der Waals surface area contributed by atoms with Crippen molar-refractivity contribution in [1.82, 2.24) is 40.5 Å². The largest absolute Gasteiger partial charge is 0.444 e. The van der Waals surface area contributed by atoms with Gasteiger partial charge < -0.3 is 44.9 Å². The Morgan fingerprint density at radius 1 is 0.899 bits per heavy atom. The topological polar surface area (TPSA) is 192 Å².